The van der Waals surface area contributed by atoms with E-state index in [1.807, 2.05) is 35.2 Å². The first-order chi connectivity index (χ1) is 14.4. The molecule has 3 amide bonds. The zero-order valence-electron chi connectivity index (χ0n) is 16.6. The smallest absolute Gasteiger partial charge is 0.387 e. The van der Waals surface area contributed by atoms with E-state index in [0.717, 1.165) is 5.69 Å². The Balaban J connectivity index is 1.50. The van der Waals surface area contributed by atoms with Crippen molar-refractivity contribution in [2.75, 3.05) is 43.4 Å². The van der Waals surface area contributed by atoms with Crippen molar-refractivity contribution in [1.82, 2.24) is 9.80 Å². The van der Waals surface area contributed by atoms with E-state index in [4.69, 9.17) is 0 Å². The van der Waals surface area contributed by atoms with Crippen LogP contribution in [0.2, 0.25) is 0 Å². The molecular formula is C21H24F2N4O3. The predicted molar refractivity (Wildman–Crippen MR) is 110 cm³/mol. The molecule has 3 rings (SSSR count). The van der Waals surface area contributed by atoms with Crippen molar-refractivity contribution < 1.29 is 23.1 Å². The summed E-state index contributed by atoms with van der Waals surface area (Å²) < 4.78 is 29.8. The largest absolute Gasteiger partial charge is 0.433 e. The van der Waals surface area contributed by atoms with Gasteiger partial charge in [0.05, 0.1) is 12.2 Å². The number of aryl methyl sites for hydroxylation is 1. The Hall–Kier alpha value is -3.20. The third kappa shape index (κ3) is 5.90. The summed E-state index contributed by atoms with van der Waals surface area (Å²) in [6.07, 6.45) is 0. The lowest BCUT2D eigenvalue weighted by atomic mass is 10.2. The number of nitrogens with zero attached hydrogens (tertiary/aromatic N) is 2. The number of hydrogen-bond acceptors (Lipinski definition) is 4. The van der Waals surface area contributed by atoms with Gasteiger partial charge in [0, 0.05) is 31.9 Å². The molecule has 160 valence electrons. The number of benzene rings is 2. The molecule has 1 fully saturated rings. The summed E-state index contributed by atoms with van der Waals surface area (Å²) >= 11 is 0. The van der Waals surface area contributed by atoms with Gasteiger partial charge in [-0.25, -0.2) is 4.79 Å². The maximum Gasteiger partial charge on any atom is 0.387 e. The lowest BCUT2D eigenvalue weighted by Gasteiger charge is -2.34. The fourth-order valence-corrected chi connectivity index (χ4v) is 3.22. The van der Waals surface area contributed by atoms with Gasteiger partial charge in [0.15, 0.2) is 0 Å². The number of para-hydroxylation sites is 2. The summed E-state index contributed by atoms with van der Waals surface area (Å²) in [6, 6.07) is 13.5. The first kappa shape index (κ1) is 21.5. The number of piperazine rings is 1. The van der Waals surface area contributed by atoms with Gasteiger partial charge in [0.1, 0.15) is 5.75 Å². The zero-order chi connectivity index (χ0) is 21.5. The highest BCUT2D eigenvalue weighted by molar-refractivity contribution is 5.93. The van der Waals surface area contributed by atoms with Crippen molar-refractivity contribution in [3.8, 4) is 5.75 Å². The molecule has 2 aromatic rings. The van der Waals surface area contributed by atoms with Crippen molar-refractivity contribution in [1.29, 1.82) is 0 Å². The van der Waals surface area contributed by atoms with Crippen molar-refractivity contribution >= 4 is 23.3 Å². The Morgan fingerprint density at radius 1 is 1.00 bits per heavy atom. The lowest BCUT2D eigenvalue weighted by Crippen LogP contribution is -2.51. The van der Waals surface area contributed by atoms with Crippen LogP contribution >= 0.6 is 0 Å². The average molecular weight is 418 g/mol. The summed E-state index contributed by atoms with van der Waals surface area (Å²) in [5.74, 6) is -0.192. The van der Waals surface area contributed by atoms with Crippen LogP contribution in [-0.2, 0) is 4.79 Å². The van der Waals surface area contributed by atoms with Gasteiger partial charge in [-0.3, -0.25) is 9.69 Å². The van der Waals surface area contributed by atoms with E-state index in [0.29, 0.717) is 31.7 Å². The highest BCUT2D eigenvalue weighted by atomic mass is 19.3. The van der Waals surface area contributed by atoms with Crippen molar-refractivity contribution in [3.05, 3.63) is 54.1 Å². The molecule has 2 N–H and O–H groups in total. The Kier molecular flexibility index (Phi) is 7.18. The van der Waals surface area contributed by atoms with Crippen LogP contribution in [0.15, 0.2) is 48.5 Å². The number of rotatable bonds is 6. The molecule has 0 spiro atoms. The minimum Gasteiger partial charge on any atom is -0.433 e. The highest BCUT2D eigenvalue weighted by Crippen LogP contribution is 2.29. The topological polar surface area (TPSA) is 73.9 Å². The standard InChI is InChI=1S/C21H24F2N4O3/c1-15-6-5-9-17(30-20(22)23)19(15)25-21(29)27-12-10-26(11-13-27)14-18(28)24-16-7-3-2-4-8-16/h2-9,20H,10-14H2,1H3,(H,24,28)(H,25,29). The third-order valence-electron chi connectivity index (χ3n) is 4.77. The fraction of sp³-hybridized carbons (Fsp3) is 0.333. The second-order valence-electron chi connectivity index (χ2n) is 6.93. The molecule has 1 aliphatic rings. The number of amides is 3. The first-order valence-corrected chi connectivity index (χ1v) is 9.60. The summed E-state index contributed by atoms with van der Waals surface area (Å²) in [4.78, 5) is 28.3. The monoisotopic (exact) mass is 418 g/mol. The van der Waals surface area contributed by atoms with Crippen molar-refractivity contribution in [2.24, 2.45) is 0 Å². The van der Waals surface area contributed by atoms with Gasteiger partial charge in [0.25, 0.3) is 0 Å². The van der Waals surface area contributed by atoms with Crippen LogP contribution in [0.4, 0.5) is 25.0 Å². The quantitative estimate of drug-likeness (QED) is 0.754. The minimum absolute atomic E-state index is 0.0745. The Bertz CT molecular complexity index is 872. The molecule has 0 aliphatic carbocycles. The molecule has 0 aromatic heterocycles. The number of alkyl halides is 2. The number of halogens is 2. The second-order valence-corrected chi connectivity index (χ2v) is 6.93. The van der Waals surface area contributed by atoms with Gasteiger partial charge in [-0.1, -0.05) is 30.3 Å². The Morgan fingerprint density at radius 3 is 2.37 bits per heavy atom. The first-order valence-electron chi connectivity index (χ1n) is 9.60. The van der Waals surface area contributed by atoms with Crippen LogP contribution in [0.25, 0.3) is 0 Å². The van der Waals surface area contributed by atoms with E-state index in [2.05, 4.69) is 15.4 Å². The number of carbonyl (C=O) groups excluding carboxylic acids is 2. The Morgan fingerprint density at radius 2 is 1.70 bits per heavy atom. The number of carbonyl (C=O) groups is 2. The highest BCUT2D eigenvalue weighted by Gasteiger charge is 2.24. The van der Waals surface area contributed by atoms with Crippen molar-refractivity contribution in [2.45, 2.75) is 13.5 Å². The number of nitrogens with one attached hydrogen (secondary N) is 2. The molecule has 1 saturated heterocycles. The van der Waals surface area contributed by atoms with Crippen LogP contribution in [-0.4, -0.2) is 61.1 Å². The SMILES string of the molecule is Cc1cccc(OC(F)F)c1NC(=O)N1CCN(CC(=O)Nc2ccccc2)CC1. The van der Waals surface area contributed by atoms with Crippen LogP contribution in [0.3, 0.4) is 0 Å². The van der Waals surface area contributed by atoms with Crippen LogP contribution < -0.4 is 15.4 Å². The molecular weight excluding hydrogens is 394 g/mol. The molecule has 2 aromatic carbocycles. The third-order valence-corrected chi connectivity index (χ3v) is 4.77. The fourth-order valence-electron chi connectivity index (χ4n) is 3.22. The number of anilines is 2. The van der Waals surface area contributed by atoms with E-state index >= 15 is 0 Å². The van der Waals surface area contributed by atoms with Gasteiger partial charge >= 0.3 is 12.6 Å². The minimum atomic E-state index is -2.98. The zero-order valence-corrected chi connectivity index (χ0v) is 16.6. The molecule has 1 heterocycles. The number of urea groups is 1. The summed E-state index contributed by atoms with van der Waals surface area (Å²) in [5, 5.41) is 5.51. The molecule has 0 unspecified atom stereocenters. The van der Waals surface area contributed by atoms with E-state index in [-0.39, 0.29) is 23.9 Å². The molecule has 1 aliphatic heterocycles. The molecule has 0 radical (unpaired) electrons. The van der Waals surface area contributed by atoms with Gasteiger partial charge in [-0.05, 0) is 30.7 Å². The maximum atomic E-state index is 12.6. The van der Waals surface area contributed by atoms with Gasteiger partial charge in [-0.15, -0.1) is 0 Å². The van der Waals surface area contributed by atoms with Crippen LogP contribution in [0, 0.1) is 6.92 Å². The van der Waals surface area contributed by atoms with Gasteiger partial charge in [-0.2, -0.15) is 8.78 Å². The second kappa shape index (κ2) is 10.0. The maximum absolute atomic E-state index is 12.6. The predicted octanol–water partition coefficient (Wildman–Crippen LogP) is 3.38. The van der Waals surface area contributed by atoms with E-state index in [9.17, 15) is 18.4 Å². The molecule has 9 heteroatoms. The summed E-state index contributed by atoms with van der Waals surface area (Å²) in [5.41, 5.74) is 1.59. The number of hydrogen-bond donors (Lipinski definition) is 2. The van der Waals surface area contributed by atoms with E-state index in [1.54, 1.807) is 24.0 Å². The molecule has 7 nitrogen and oxygen atoms in total. The number of ether oxygens (including phenoxy) is 1. The average Bonchev–Trinajstić information content (AvgIpc) is 2.71. The molecule has 0 saturated carbocycles. The summed E-state index contributed by atoms with van der Waals surface area (Å²) in [6.45, 7) is 0.857. The normalized spacial score (nSPS) is 14.5. The molecule has 0 atom stereocenters. The van der Waals surface area contributed by atoms with Crippen LogP contribution in [0.5, 0.6) is 5.75 Å². The Labute approximate surface area is 173 Å². The molecule has 30 heavy (non-hydrogen) atoms. The molecule has 0 bridgehead atoms. The van der Waals surface area contributed by atoms with E-state index < -0.39 is 12.6 Å². The van der Waals surface area contributed by atoms with Crippen molar-refractivity contribution in [3.63, 3.8) is 0 Å². The van der Waals surface area contributed by atoms with Crippen LogP contribution in [0.1, 0.15) is 5.56 Å². The van der Waals surface area contributed by atoms with Gasteiger partial charge in [0.2, 0.25) is 5.91 Å². The summed E-state index contributed by atoms with van der Waals surface area (Å²) in [7, 11) is 0. The lowest BCUT2D eigenvalue weighted by molar-refractivity contribution is -0.117. The van der Waals surface area contributed by atoms with E-state index in [1.165, 1.54) is 6.07 Å². The van der Waals surface area contributed by atoms with Gasteiger partial charge < -0.3 is 20.3 Å².